The maximum atomic E-state index is 13.7. The van der Waals surface area contributed by atoms with Crippen molar-refractivity contribution in [1.82, 2.24) is 9.78 Å². The monoisotopic (exact) mass is 264 g/mol. The van der Waals surface area contributed by atoms with E-state index >= 15 is 0 Å². The van der Waals surface area contributed by atoms with E-state index in [0.29, 0.717) is 0 Å². The number of aromatic nitrogens is 2. The molecule has 2 rings (SSSR count). The number of nitrogens with zero attached hydrogens (tertiary/aromatic N) is 3. The molecule has 1 aromatic heterocycles. The zero-order valence-electron chi connectivity index (χ0n) is 10.5. The molecule has 0 spiro atoms. The zero-order chi connectivity index (χ0) is 14.0. The Bertz CT molecular complexity index is 612. The SMILES string of the molecule is CC(Nc1ccc([N+](=O)[O-])cc1F)c1cnn(C)c1. The molecule has 2 aromatic rings. The molecule has 0 fully saturated rings. The Morgan fingerprint density at radius 2 is 2.26 bits per heavy atom. The first-order valence-corrected chi connectivity index (χ1v) is 5.66. The maximum absolute atomic E-state index is 13.7. The number of nitrogens with one attached hydrogen (secondary N) is 1. The summed E-state index contributed by atoms with van der Waals surface area (Å²) in [5, 5.41) is 17.5. The van der Waals surface area contributed by atoms with Crippen LogP contribution in [0.4, 0.5) is 15.8 Å². The molecular formula is C12H13FN4O2. The second-order valence-electron chi connectivity index (χ2n) is 4.23. The molecule has 6 nitrogen and oxygen atoms in total. The number of benzene rings is 1. The van der Waals surface area contributed by atoms with Gasteiger partial charge in [0.1, 0.15) is 0 Å². The van der Waals surface area contributed by atoms with Crippen LogP contribution in [-0.4, -0.2) is 14.7 Å². The number of hydrogen-bond donors (Lipinski definition) is 1. The van der Waals surface area contributed by atoms with Gasteiger partial charge >= 0.3 is 0 Å². The number of rotatable bonds is 4. The van der Waals surface area contributed by atoms with Gasteiger partial charge in [0.15, 0.2) is 5.82 Å². The van der Waals surface area contributed by atoms with E-state index in [0.717, 1.165) is 11.6 Å². The van der Waals surface area contributed by atoms with Crippen LogP contribution < -0.4 is 5.32 Å². The Balaban J connectivity index is 2.17. The lowest BCUT2D eigenvalue weighted by molar-refractivity contribution is -0.385. The highest BCUT2D eigenvalue weighted by Gasteiger charge is 2.13. The Labute approximate surface area is 109 Å². The normalized spacial score (nSPS) is 12.2. The van der Waals surface area contributed by atoms with Crippen LogP contribution in [0.2, 0.25) is 0 Å². The number of halogens is 1. The van der Waals surface area contributed by atoms with E-state index in [4.69, 9.17) is 0 Å². The molecule has 0 amide bonds. The lowest BCUT2D eigenvalue weighted by atomic mass is 10.1. The summed E-state index contributed by atoms with van der Waals surface area (Å²) in [6, 6.07) is 3.38. The molecule has 0 aliphatic carbocycles. The maximum Gasteiger partial charge on any atom is 0.272 e. The van der Waals surface area contributed by atoms with Crippen molar-refractivity contribution in [3.63, 3.8) is 0 Å². The first-order valence-electron chi connectivity index (χ1n) is 5.66. The Morgan fingerprint density at radius 3 is 2.79 bits per heavy atom. The number of hydrogen-bond acceptors (Lipinski definition) is 4. The van der Waals surface area contributed by atoms with Crippen LogP contribution >= 0.6 is 0 Å². The summed E-state index contributed by atoms with van der Waals surface area (Å²) in [5.74, 6) is -0.648. The molecule has 0 aliphatic rings. The molecule has 100 valence electrons. The van der Waals surface area contributed by atoms with Gasteiger partial charge in [-0.2, -0.15) is 5.10 Å². The smallest absolute Gasteiger partial charge is 0.272 e. The minimum Gasteiger partial charge on any atom is -0.376 e. The second kappa shape index (κ2) is 5.05. The van der Waals surface area contributed by atoms with Gasteiger partial charge in [-0.05, 0) is 13.0 Å². The number of nitro benzene ring substituents is 1. The van der Waals surface area contributed by atoms with E-state index < -0.39 is 10.7 Å². The second-order valence-corrected chi connectivity index (χ2v) is 4.23. The van der Waals surface area contributed by atoms with Crippen LogP contribution in [0.5, 0.6) is 0 Å². The number of anilines is 1. The predicted octanol–water partition coefficient (Wildman–Crippen LogP) is 2.64. The van der Waals surface area contributed by atoms with Crippen molar-refractivity contribution in [1.29, 1.82) is 0 Å². The fourth-order valence-electron chi connectivity index (χ4n) is 1.71. The quantitative estimate of drug-likeness (QED) is 0.680. The van der Waals surface area contributed by atoms with Crippen molar-refractivity contribution in [2.45, 2.75) is 13.0 Å². The van der Waals surface area contributed by atoms with Gasteiger partial charge in [0, 0.05) is 24.9 Å². The largest absolute Gasteiger partial charge is 0.376 e. The van der Waals surface area contributed by atoms with E-state index in [1.165, 1.54) is 12.1 Å². The van der Waals surface area contributed by atoms with Crippen molar-refractivity contribution >= 4 is 11.4 Å². The van der Waals surface area contributed by atoms with Crippen LogP contribution in [0.15, 0.2) is 30.6 Å². The van der Waals surface area contributed by atoms with E-state index in [2.05, 4.69) is 10.4 Å². The molecule has 1 heterocycles. The number of non-ortho nitro benzene ring substituents is 1. The topological polar surface area (TPSA) is 73.0 Å². The van der Waals surface area contributed by atoms with Crippen molar-refractivity contribution in [3.05, 3.63) is 52.1 Å². The highest BCUT2D eigenvalue weighted by molar-refractivity contribution is 5.51. The standard InChI is InChI=1S/C12H13FN4O2/c1-8(9-6-14-16(2)7-9)15-12-4-3-10(17(18)19)5-11(12)13/h3-8,15H,1-2H3. The van der Waals surface area contributed by atoms with Crippen molar-refractivity contribution < 1.29 is 9.31 Å². The summed E-state index contributed by atoms with van der Waals surface area (Å²) in [4.78, 5) is 9.89. The third-order valence-corrected chi connectivity index (χ3v) is 2.76. The molecule has 0 aliphatic heterocycles. The molecule has 1 atom stereocenters. The van der Waals surface area contributed by atoms with Gasteiger partial charge in [-0.25, -0.2) is 4.39 Å². The summed E-state index contributed by atoms with van der Waals surface area (Å²) in [7, 11) is 1.79. The van der Waals surface area contributed by atoms with Crippen LogP contribution in [0.3, 0.4) is 0 Å². The lowest BCUT2D eigenvalue weighted by Crippen LogP contribution is -2.07. The van der Waals surface area contributed by atoms with Gasteiger partial charge in [0.25, 0.3) is 5.69 Å². The lowest BCUT2D eigenvalue weighted by Gasteiger charge is -2.14. The molecule has 19 heavy (non-hydrogen) atoms. The molecule has 7 heteroatoms. The number of nitro groups is 1. The summed E-state index contributed by atoms with van der Waals surface area (Å²) in [5.41, 5.74) is 0.860. The Hall–Kier alpha value is -2.44. The highest BCUT2D eigenvalue weighted by atomic mass is 19.1. The summed E-state index contributed by atoms with van der Waals surface area (Å²) in [6.07, 6.45) is 3.50. The Kier molecular flexibility index (Phi) is 3.46. The van der Waals surface area contributed by atoms with Crippen molar-refractivity contribution in [2.75, 3.05) is 5.32 Å². The molecule has 0 bridgehead atoms. The van der Waals surface area contributed by atoms with Gasteiger partial charge in [0.05, 0.1) is 28.9 Å². The van der Waals surface area contributed by atoms with E-state index in [9.17, 15) is 14.5 Å². The highest BCUT2D eigenvalue weighted by Crippen LogP contribution is 2.24. The third kappa shape index (κ3) is 2.87. The fourth-order valence-corrected chi connectivity index (χ4v) is 1.71. The zero-order valence-corrected chi connectivity index (χ0v) is 10.5. The molecule has 1 aromatic carbocycles. The molecular weight excluding hydrogens is 251 g/mol. The summed E-state index contributed by atoms with van der Waals surface area (Å²) in [6.45, 7) is 1.86. The van der Waals surface area contributed by atoms with Gasteiger partial charge in [-0.15, -0.1) is 0 Å². The van der Waals surface area contributed by atoms with Crippen LogP contribution in [0.1, 0.15) is 18.5 Å². The predicted molar refractivity (Wildman–Crippen MR) is 68.3 cm³/mol. The minimum absolute atomic E-state index is 0.148. The van der Waals surface area contributed by atoms with Crippen LogP contribution in [0, 0.1) is 15.9 Å². The molecule has 0 saturated heterocycles. The average molecular weight is 264 g/mol. The molecule has 1 unspecified atom stereocenters. The van der Waals surface area contributed by atoms with Gasteiger partial charge < -0.3 is 5.32 Å². The summed E-state index contributed by atoms with van der Waals surface area (Å²) >= 11 is 0. The first kappa shape index (κ1) is 13.0. The molecule has 1 N–H and O–H groups in total. The Morgan fingerprint density at radius 1 is 1.53 bits per heavy atom. The van der Waals surface area contributed by atoms with Crippen molar-refractivity contribution in [2.24, 2.45) is 7.05 Å². The average Bonchev–Trinajstić information content (AvgIpc) is 2.78. The van der Waals surface area contributed by atoms with E-state index in [1.54, 1.807) is 17.9 Å². The van der Waals surface area contributed by atoms with E-state index in [1.807, 2.05) is 13.1 Å². The van der Waals surface area contributed by atoms with E-state index in [-0.39, 0.29) is 17.4 Å². The summed E-state index contributed by atoms with van der Waals surface area (Å²) < 4.78 is 15.4. The van der Waals surface area contributed by atoms with Gasteiger partial charge in [-0.3, -0.25) is 14.8 Å². The fraction of sp³-hybridized carbons (Fsp3) is 0.250. The third-order valence-electron chi connectivity index (χ3n) is 2.76. The van der Waals surface area contributed by atoms with Gasteiger partial charge in [-0.1, -0.05) is 0 Å². The van der Waals surface area contributed by atoms with Crippen LogP contribution in [0.25, 0.3) is 0 Å². The first-order chi connectivity index (χ1) is 8.97. The molecule has 0 saturated carbocycles. The minimum atomic E-state index is -0.648. The van der Waals surface area contributed by atoms with Gasteiger partial charge in [0.2, 0.25) is 0 Å². The number of aryl methyl sites for hydroxylation is 1. The molecule has 0 radical (unpaired) electrons. The van der Waals surface area contributed by atoms with Crippen LogP contribution in [-0.2, 0) is 7.05 Å². The van der Waals surface area contributed by atoms with Crippen molar-refractivity contribution in [3.8, 4) is 0 Å².